The largest absolute Gasteiger partial charge is 0.224 e. The van der Waals surface area contributed by atoms with Gasteiger partial charge in [0.25, 0.3) is 0 Å². The van der Waals surface area contributed by atoms with Crippen LogP contribution in [-0.2, 0) is 29.1 Å². The number of aryl methyl sites for hydroxylation is 2. The van der Waals surface area contributed by atoms with Crippen molar-refractivity contribution >= 4 is 21.6 Å². The van der Waals surface area contributed by atoms with Gasteiger partial charge < -0.3 is 0 Å². The van der Waals surface area contributed by atoms with Gasteiger partial charge in [-0.05, 0) is 84.5 Å². The lowest BCUT2D eigenvalue weighted by molar-refractivity contribution is 0.601. The number of thioether (sulfide) groups is 1. The van der Waals surface area contributed by atoms with Crippen LogP contribution >= 0.6 is 11.8 Å². The van der Waals surface area contributed by atoms with Crippen LogP contribution in [0.3, 0.4) is 0 Å². The molecule has 0 amide bonds. The van der Waals surface area contributed by atoms with Gasteiger partial charge >= 0.3 is 0 Å². The highest BCUT2D eigenvalue weighted by molar-refractivity contribution is 7.98. The molecular formula is C25H28O2S2. The molecule has 3 rings (SSSR count). The normalized spacial score (nSPS) is 11.6. The maximum atomic E-state index is 11.9. The summed E-state index contributed by atoms with van der Waals surface area (Å²) in [5, 5.41) is 0. The zero-order valence-electron chi connectivity index (χ0n) is 17.5. The third-order valence-corrected chi connectivity index (χ3v) is 6.83. The van der Waals surface area contributed by atoms with Gasteiger partial charge in [0, 0.05) is 11.2 Å². The van der Waals surface area contributed by atoms with Crippen LogP contribution in [0.4, 0.5) is 0 Å². The van der Waals surface area contributed by atoms with Gasteiger partial charge in [0.05, 0.1) is 4.90 Å². The zero-order valence-corrected chi connectivity index (χ0v) is 19.2. The fraction of sp³-hybridized carbons (Fsp3) is 0.280. The standard InChI is InChI=1S/C25H28O2S2/c1-5-19-9-18(2)10-21(11-19)13-23-14-22(15-24(16-23)28-3)12-20-7-6-8-25(17-20)29(4,26)27/h6-11,14-17H,5,12-13H2,1-4H3. The molecule has 0 spiro atoms. The van der Waals surface area contributed by atoms with E-state index in [9.17, 15) is 8.42 Å². The van der Waals surface area contributed by atoms with Crippen molar-refractivity contribution in [2.24, 2.45) is 0 Å². The molecule has 152 valence electrons. The van der Waals surface area contributed by atoms with Crippen molar-refractivity contribution in [3.63, 3.8) is 0 Å². The van der Waals surface area contributed by atoms with Gasteiger partial charge in [0.1, 0.15) is 0 Å². The minimum Gasteiger partial charge on any atom is -0.224 e. The average Bonchev–Trinajstić information content (AvgIpc) is 2.66. The third-order valence-electron chi connectivity index (χ3n) is 5.01. The number of benzene rings is 3. The van der Waals surface area contributed by atoms with E-state index in [0.717, 1.165) is 24.8 Å². The van der Waals surface area contributed by atoms with Crippen molar-refractivity contribution in [1.82, 2.24) is 0 Å². The molecule has 0 atom stereocenters. The molecule has 3 aromatic carbocycles. The lowest BCUT2D eigenvalue weighted by Gasteiger charge is -2.11. The Labute approximate surface area is 179 Å². The van der Waals surface area contributed by atoms with Gasteiger partial charge in [-0.1, -0.05) is 48.9 Å². The van der Waals surface area contributed by atoms with E-state index >= 15 is 0 Å². The van der Waals surface area contributed by atoms with Crippen LogP contribution in [0, 0.1) is 6.92 Å². The predicted molar refractivity (Wildman–Crippen MR) is 124 cm³/mol. The summed E-state index contributed by atoms with van der Waals surface area (Å²) in [7, 11) is -3.19. The zero-order chi connectivity index (χ0) is 21.0. The molecule has 0 bridgehead atoms. The van der Waals surface area contributed by atoms with E-state index in [1.54, 1.807) is 23.9 Å². The van der Waals surface area contributed by atoms with Crippen LogP contribution in [0.15, 0.2) is 70.5 Å². The molecule has 4 heteroatoms. The van der Waals surface area contributed by atoms with Gasteiger partial charge in [-0.15, -0.1) is 11.8 Å². The summed E-state index contributed by atoms with van der Waals surface area (Å²) >= 11 is 1.74. The van der Waals surface area contributed by atoms with Crippen LogP contribution in [0.2, 0.25) is 0 Å². The molecule has 0 saturated heterocycles. The first kappa shape index (κ1) is 21.7. The summed E-state index contributed by atoms with van der Waals surface area (Å²) in [5.41, 5.74) is 7.53. The van der Waals surface area contributed by atoms with Gasteiger partial charge in [0.2, 0.25) is 0 Å². The first-order valence-electron chi connectivity index (χ1n) is 9.82. The van der Waals surface area contributed by atoms with E-state index in [4.69, 9.17) is 0 Å². The molecule has 2 nitrogen and oxygen atoms in total. The molecule has 3 aromatic rings. The number of rotatable bonds is 7. The lowest BCUT2D eigenvalue weighted by atomic mass is 9.97. The number of hydrogen-bond acceptors (Lipinski definition) is 3. The van der Waals surface area contributed by atoms with E-state index < -0.39 is 9.84 Å². The Morgan fingerprint density at radius 1 is 0.793 bits per heavy atom. The van der Waals surface area contributed by atoms with Crippen molar-refractivity contribution in [2.75, 3.05) is 12.5 Å². The van der Waals surface area contributed by atoms with Crippen LogP contribution in [0.25, 0.3) is 0 Å². The summed E-state index contributed by atoms with van der Waals surface area (Å²) < 4.78 is 23.7. The molecule has 0 aliphatic heterocycles. The predicted octanol–water partition coefficient (Wildman–Crippen LogP) is 5.86. The van der Waals surface area contributed by atoms with E-state index in [1.165, 1.54) is 39.0 Å². The Morgan fingerprint density at radius 2 is 1.38 bits per heavy atom. The summed E-state index contributed by atoms with van der Waals surface area (Å²) in [5.74, 6) is 0. The molecule has 0 fully saturated rings. The minimum absolute atomic E-state index is 0.378. The molecule has 0 radical (unpaired) electrons. The summed E-state index contributed by atoms with van der Waals surface area (Å²) in [6.07, 6.45) is 6.01. The summed E-state index contributed by atoms with van der Waals surface area (Å²) in [6, 6.07) is 20.8. The van der Waals surface area contributed by atoms with Gasteiger partial charge in [-0.3, -0.25) is 0 Å². The van der Waals surface area contributed by atoms with Crippen LogP contribution in [-0.4, -0.2) is 20.9 Å². The second kappa shape index (κ2) is 9.19. The average molecular weight is 425 g/mol. The quantitative estimate of drug-likeness (QED) is 0.445. The highest BCUT2D eigenvalue weighted by Gasteiger charge is 2.09. The van der Waals surface area contributed by atoms with Gasteiger partial charge in [0.15, 0.2) is 9.84 Å². The molecule has 0 N–H and O–H groups in total. The molecule has 0 unspecified atom stereocenters. The molecule has 0 aliphatic rings. The lowest BCUT2D eigenvalue weighted by Crippen LogP contribution is -1.99. The Bertz CT molecular complexity index is 1120. The SMILES string of the molecule is CCc1cc(C)cc(Cc2cc(Cc3cccc(S(C)(=O)=O)c3)cc(SC)c2)c1. The van der Waals surface area contributed by atoms with E-state index in [0.29, 0.717) is 4.90 Å². The molecule has 0 aromatic heterocycles. The minimum atomic E-state index is -3.19. The smallest absolute Gasteiger partial charge is 0.175 e. The summed E-state index contributed by atoms with van der Waals surface area (Å²) in [4.78, 5) is 1.61. The van der Waals surface area contributed by atoms with Gasteiger partial charge in [-0.2, -0.15) is 0 Å². The monoisotopic (exact) mass is 424 g/mol. The van der Waals surface area contributed by atoms with Crippen molar-refractivity contribution < 1.29 is 8.42 Å². The highest BCUT2D eigenvalue weighted by atomic mass is 32.2. The van der Waals surface area contributed by atoms with Crippen LogP contribution in [0.1, 0.15) is 40.3 Å². The maximum Gasteiger partial charge on any atom is 0.175 e. The Balaban J connectivity index is 1.91. The van der Waals surface area contributed by atoms with E-state index in [-0.39, 0.29) is 0 Å². The molecule has 0 saturated carbocycles. The van der Waals surface area contributed by atoms with E-state index in [1.807, 2.05) is 12.1 Å². The number of hydrogen-bond donors (Lipinski definition) is 0. The Morgan fingerprint density at radius 3 is 2.00 bits per heavy atom. The van der Waals surface area contributed by atoms with Crippen molar-refractivity contribution in [3.05, 3.63) is 94.0 Å². The first-order chi connectivity index (χ1) is 13.8. The fourth-order valence-electron chi connectivity index (χ4n) is 3.66. The molecular weight excluding hydrogens is 396 g/mol. The second-order valence-corrected chi connectivity index (χ2v) is 10.5. The topological polar surface area (TPSA) is 34.1 Å². The molecule has 0 heterocycles. The fourth-order valence-corrected chi connectivity index (χ4v) is 4.89. The molecule has 0 aliphatic carbocycles. The Kier molecular flexibility index (Phi) is 6.86. The first-order valence-corrected chi connectivity index (χ1v) is 12.9. The van der Waals surface area contributed by atoms with Crippen molar-refractivity contribution in [2.45, 2.75) is 42.9 Å². The molecule has 29 heavy (non-hydrogen) atoms. The van der Waals surface area contributed by atoms with Crippen LogP contribution in [0.5, 0.6) is 0 Å². The van der Waals surface area contributed by atoms with Crippen molar-refractivity contribution in [1.29, 1.82) is 0 Å². The van der Waals surface area contributed by atoms with Crippen molar-refractivity contribution in [3.8, 4) is 0 Å². The van der Waals surface area contributed by atoms with E-state index in [2.05, 4.69) is 56.5 Å². The summed E-state index contributed by atoms with van der Waals surface area (Å²) in [6.45, 7) is 4.34. The highest BCUT2D eigenvalue weighted by Crippen LogP contribution is 2.24. The third kappa shape index (κ3) is 5.97. The number of sulfone groups is 1. The van der Waals surface area contributed by atoms with Crippen LogP contribution < -0.4 is 0 Å². The Hall–Kier alpha value is -2.04. The maximum absolute atomic E-state index is 11.9. The van der Waals surface area contributed by atoms with Gasteiger partial charge in [-0.25, -0.2) is 8.42 Å². The second-order valence-electron chi connectivity index (χ2n) is 7.64.